The second-order valence-electron chi connectivity index (χ2n) is 4.10. The molecule has 0 fully saturated rings. The molecule has 2 heteroatoms. The Morgan fingerprint density at radius 3 is 3.00 bits per heavy atom. The smallest absolute Gasteiger partial charge is 0.0702 e. The Bertz CT molecular complexity index is 503. The maximum absolute atomic E-state index is 4.42. The number of hydrogen-bond acceptors (Lipinski definition) is 2. The van der Waals surface area contributed by atoms with Gasteiger partial charge < -0.3 is 5.32 Å². The van der Waals surface area contributed by atoms with E-state index in [-0.39, 0.29) is 0 Å². The van der Waals surface area contributed by atoms with Crippen molar-refractivity contribution in [3.05, 3.63) is 54.2 Å². The summed E-state index contributed by atoms with van der Waals surface area (Å²) in [7, 11) is 0. The molecule has 0 bridgehead atoms. The van der Waals surface area contributed by atoms with Gasteiger partial charge in [-0.15, -0.1) is 0 Å². The number of nitrogens with one attached hydrogen (secondary N) is 1. The standard InChI is InChI=1S/C14H16N2/c1-11(2)8-15-9-12-7-13-5-3-4-6-14(13)16-10-12/h3-7,10,15H,1,8-9H2,2H3. The lowest BCUT2D eigenvalue weighted by atomic mass is 10.1. The van der Waals surface area contributed by atoms with Gasteiger partial charge in [0.05, 0.1) is 5.52 Å². The van der Waals surface area contributed by atoms with Crippen molar-refractivity contribution < 1.29 is 0 Å². The molecule has 16 heavy (non-hydrogen) atoms. The van der Waals surface area contributed by atoms with Gasteiger partial charge in [-0.1, -0.05) is 30.4 Å². The summed E-state index contributed by atoms with van der Waals surface area (Å²) in [5, 5.41) is 4.52. The molecule has 0 saturated heterocycles. The average Bonchev–Trinajstić information content (AvgIpc) is 2.28. The number of fused-ring (bicyclic) bond motifs is 1. The largest absolute Gasteiger partial charge is 0.309 e. The first kappa shape index (κ1) is 10.8. The Balaban J connectivity index is 2.10. The number of nitrogens with zero attached hydrogens (tertiary/aromatic N) is 1. The summed E-state index contributed by atoms with van der Waals surface area (Å²) in [6, 6.07) is 10.3. The third kappa shape index (κ3) is 2.67. The van der Waals surface area contributed by atoms with E-state index in [4.69, 9.17) is 0 Å². The molecule has 0 amide bonds. The van der Waals surface area contributed by atoms with Gasteiger partial charge in [-0.05, 0) is 24.6 Å². The highest BCUT2D eigenvalue weighted by Gasteiger charge is 1.96. The number of para-hydroxylation sites is 1. The summed E-state index contributed by atoms with van der Waals surface area (Å²) >= 11 is 0. The summed E-state index contributed by atoms with van der Waals surface area (Å²) in [6.07, 6.45) is 1.92. The predicted octanol–water partition coefficient (Wildman–Crippen LogP) is 2.90. The van der Waals surface area contributed by atoms with Crippen LogP contribution in [0.15, 0.2) is 48.7 Å². The van der Waals surface area contributed by atoms with E-state index >= 15 is 0 Å². The Labute approximate surface area is 96.0 Å². The molecule has 82 valence electrons. The van der Waals surface area contributed by atoms with Crippen molar-refractivity contribution in [2.75, 3.05) is 6.54 Å². The van der Waals surface area contributed by atoms with Gasteiger partial charge in [0.15, 0.2) is 0 Å². The molecule has 1 N–H and O–H groups in total. The highest BCUT2D eigenvalue weighted by atomic mass is 14.8. The predicted molar refractivity (Wildman–Crippen MR) is 68.3 cm³/mol. The van der Waals surface area contributed by atoms with E-state index in [1.54, 1.807) is 0 Å². The van der Waals surface area contributed by atoms with Crippen molar-refractivity contribution in [3.8, 4) is 0 Å². The quantitative estimate of drug-likeness (QED) is 0.788. The molecule has 1 heterocycles. The van der Waals surface area contributed by atoms with E-state index in [0.717, 1.165) is 24.2 Å². The minimum Gasteiger partial charge on any atom is -0.309 e. The second kappa shape index (κ2) is 4.90. The topological polar surface area (TPSA) is 24.9 Å². The Morgan fingerprint density at radius 1 is 1.38 bits per heavy atom. The van der Waals surface area contributed by atoms with Crippen molar-refractivity contribution >= 4 is 10.9 Å². The Morgan fingerprint density at radius 2 is 2.19 bits per heavy atom. The van der Waals surface area contributed by atoms with Gasteiger partial charge in [0.25, 0.3) is 0 Å². The molecule has 0 aliphatic rings. The molecule has 2 rings (SSSR count). The van der Waals surface area contributed by atoms with Crippen LogP contribution in [0.25, 0.3) is 10.9 Å². The van der Waals surface area contributed by atoms with Crippen LogP contribution in [0.5, 0.6) is 0 Å². The Kier molecular flexibility index (Phi) is 3.32. The lowest BCUT2D eigenvalue weighted by molar-refractivity contribution is 0.739. The third-order valence-corrected chi connectivity index (χ3v) is 2.40. The lowest BCUT2D eigenvalue weighted by Crippen LogP contribution is -2.15. The van der Waals surface area contributed by atoms with Crippen molar-refractivity contribution in [3.63, 3.8) is 0 Å². The van der Waals surface area contributed by atoms with Crippen LogP contribution in [0.3, 0.4) is 0 Å². The molecule has 0 spiro atoms. The van der Waals surface area contributed by atoms with Crippen LogP contribution in [0.1, 0.15) is 12.5 Å². The fraction of sp³-hybridized carbons (Fsp3) is 0.214. The van der Waals surface area contributed by atoms with Gasteiger partial charge >= 0.3 is 0 Å². The first-order valence-corrected chi connectivity index (χ1v) is 5.44. The minimum absolute atomic E-state index is 0.838. The molecular formula is C14H16N2. The van der Waals surface area contributed by atoms with Crippen molar-refractivity contribution in [1.29, 1.82) is 0 Å². The summed E-state index contributed by atoms with van der Waals surface area (Å²) in [6.45, 7) is 7.57. The van der Waals surface area contributed by atoms with Crippen LogP contribution in [-0.2, 0) is 6.54 Å². The molecule has 0 saturated carbocycles. The van der Waals surface area contributed by atoms with Gasteiger partial charge in [-0.2, -0.15) is 0 Å². The van der Waals surface area contributed by atoms with E-state index in [1.165, 1.54) is 10.9 Å². The first-order chi connectivity index (χ1) is 7.75. The van der Waals surface area contributed by atoms with Crippen LogP contribution >= 0.6 is 0 Å². The number of aromatic nitrogens is 1. The summed E-state index contributed by atoms with van der Waals surface area (Å²) in [5.74, 6) is 0. The maximum Gasteiger partial charge on any atom is 0.0702 e. The second-order valence-corrected chi connectivity index (χ2v) is 4.10. The first-order valence-electron chi connectivity index (χ1n) is 5.44. The minimum atomic E-state index is 0.838. The summed E-state index contributed by atoms with van der Waals surface area (Å²) < 4.78 is 0. The third-order valence-electron chi connectivity index (χ3n) is 2.40. The van der Waals surface area contributed by atoms with Crippen molar-refractivity contribution in [2.24, 2.45) is 0 Å². The van der Waals surface area contributed by atoms with Gasteiger partial charge in [0.2, 0.25) is 0 Å². The van der Waals surface area contributed by atoms with E-state index < -0.39 is 0 Å². The van der Waals surface area contributed by atoms with Crippen molar-refractivity contribution in [1.82, 2.24) is 10.3 Å². The van der Waals surface area contributed by atoms with E-state index in [1.807, 2.05) is 31.3 Å². The molecular weight excluding hydrogens is 196 g/mol. The highest BCUT2D eigenvalue weighted by molar-refractivity contribution is 5.78. The fourth-order valence-electron chi connectivity index (χ4n) is 1.63. The van der Waals surface area contributed by atoms with Gasteiger partial charge in [0.1, 0.15) is 0 Å². The van der Waals surface area contributed by atoms with Crippen LogP contribution in [0.2, 0.25) is 0 Å². The molecule has 2 aromatic rings. The van der Waals surface area contributed by atoms with E-state index in [0.29, 0.717) is 0 Å². The number of hydrogen-bond donors (Lipinski definition) is 1. The maximum atomic E-state index is 4.42. The lowest BCUT2D eigenvalue weighted by Gasteiger charge is -2.05. The zero-order valence-corrected chi connectivity index (χ0v) is 9.53. The van der Waals surface area contributed by atoms with E-state index in [9.17, 15) is 0 Å². The molecule has 0 aliphatic heterocycles. The molecule has 2 nitrogen and oxygen atoms in total. The number of benzene rings is 1. The zero-order chi connectivity index (χ0) is 11.4. The SMILES string of the molecule is C=C(C)CNCc1cnc2ccccc2c1. The van der Waals surface area contributed by atoms with Gasteiger partial charge in [-0.25, -0.2) is 0 Å². The molecule has 0 aliphatic carbocycles. The molecule has 1 aromatic carbocycles. The number of rotatable bonds is 4. The van der Waals surface area contributed by atoms with Gasteiger partial charge in [-0.3, -0.25) is 4.98 Å². The molecule has 0 radical (unpaired) electrons. The molecule has 0 unspecified atom stereocenters. The Hall–Kier alpha value is -1.67. The zero-order valence-electron chi connectivity index (χ0n) is 9.53. The van der Waals surface area contributed by atoms with Crippen LogP contribution in [0, 0.1) is 0 Å². The van der Waals surface area contributed by atoms with Crippen molar-refractivity contribution in [2.45, 2.75) is 13.5 Å². The average molecular weight is 212 g/mol. The van der Waals surface area contributed by atoms with Crippen LogP contribution < -0.4 is 5.32 Å². The summed E-state index contributed by atoms with van der Waals surface area (Å²) in [4.78, 5) is 4.42. The highest BCUT2D eigenvalue weighted by Crippen LogP contribution is 2.12. The summed E-state index contributed by atoms with van der Waals surface area (Å²) in [5.41, 5.74) is 3.40. The van der Waals surface area contributed by atoms with E-state index in [2.05, 4.69) is 29.0 Å². The van der Waals surface area contributed by atoms with Crippen LogP contribution in [0.4, 0.5) is 0 Å². The molecule has 1 aromatic heterocycles. The number of pyridine rings is 1. The van der Waals surface area contributed by atoms with Gasteiger partial charge in [0, 0.05) is 24.7 Å². The van der Waals surface area contributed by atoms with Crippen LogP contribution in [-0.4, -0.2) is 11.5 Å². The monoisotopic (exact) mass is 212 g/mol. The normalized spacial score (nSPS) is 10.6. The fourth-order valence-corrected chi connectivity index (χ4v) is 1.63. The molecule has 0 atom stereocenters.